The number of thiazole rings is 1. The van der Waals surface area contributed by atoms with Gasteiger partial charge in [0, 0.05) is 34.7 Å². The second-order valence-electron chi connectivity index (χ2n) is 4.92. The van der Waals surface area contributed by atoms with E-state index in [0.29, 0.717) is 0 Å². The van der Waals surface area contributed by atoms with Crippen molar-refractivity contribution in [2.75, 3.05) is 5.32 Å². The molecule has 2 aromatic carbocycles. The smallest absolute Gasteiger partial charge is 0.270 e. The molecule has 126 valence electrons. The maximum Gasteiger partial charge on any atom is 0.270 e. The number of benzene rings is 2. The Kier molecular flexibility index (Phi) is 4.48. The van der Waals surface area contributed by atoms with Gasteiger partial charge in [-0.2, -0.15) is 0 Å². The third kappa shape index (κ3) is 3.66. The van der Waals surface area contributed by atoms with Crippen LogP contribution in [0.25, 0.3) is 11.3 Å². The zero-order chi connectivity index (χ0) is 18.0. The first-order valence-electron chi connectivity index (χ1n) is 6.91. The van der Waals surface area contributed by atoms with E-state index in [1.54, 1.807) is 0 Å². The van der Waals surface area contributed by atoms with E-state index in [4.69, 9.17) is 0 Å². The predicted octanol–water partition coefficient (Wildman–Crippen LogP) is 4.25. The van der Waals surface area contributed by atoms with Gasteiger partial charge in [-0.1, -0.05) is 6.07 Å². The molecule has 0 aliphatic rings. The highest BCUT2D eigenvalue weighted by Crippen LogP contribution is 2.27. The van der Waals surface area contributed by atoms with Crippen molar-refractivity contribution in [3.63, 3.8) is 0 Å². The van der Waals surface area contributed by atoms with Gasteiger partial charge in [0.25, 0.3) is 11.6 Å². The lowest BCUT2D eigenvalue weighted by Gasteiger charge is -2.02. The molecule has 0 fully saturated rings. The lowest BCUT2D eigenvalue weighted by atomic mass is 10.1. The Balaban J connectivity index is 1.80. The molecule has 3 rings (SSSR count). The van der Waals surface area contributed by atoms with Crippen LogP contribution < -0.4 is 5.32 Å². The van der Waals surface area contributed by atoms with E-state index in [9.17, 15) is 23.7 Å². The van der Waals surface area contributed by atoms with Gasteiger partial charge in [-0.05, 0) is 18.2 Å². The fourth-order valence-electron chi connectivity index (χ4n) is 2.08. The summed E-state index contributed by atoms with van der Waals surface area (Å²) in [6.07, 6.45) is 0. The second-order valence-corrected chi connectivity index (χ2v) is 5.78. The zero-order valence-electron chi connectivity index (χ0n) is 12.4. The van der Waals surface area contributed by atoms with Crippen molar-refractivity contribution in [1.82, 2.24) is 4.98 Å². The van der Waals surface area contributed by atoms with Gasteiger partial charge < -0.3 is 0 Å². The number of aromatic nitrogens is 1. The molecule has 9 heteroatoms. The molecule has 1 aromatic heterocycles. The van der Waals surface area contributed by atoms with E-state index in [-0.39, 0.29) is 27.6 Å². The summed E-state index contributed by atoms with van der Waals surface area (Å²) < 4.78 is 26.7. The quantitative estimate of drug-likeness (QED) is 0.556. The zero-order valence-corrected chi connectivity index (χ0v) is 13.2. The van der Waals surface area contributed by atoms with Gasteiger partial charge in [0.1, 0.15) is 11.6 Å². The van der Waals surface area contributed by atoms with Crippen LogP contribution in [0.2, 0.25) is 0 Å². The van der Waals surface area contributed by atoms with Gasteiger partial charge in [0.2, 0.25) is 0 Å². The summed E-state index contributed by atoms with van der Waals surface area (Å²) in [6.45, 7) is 0. The molecule has 1 heterocycles. The monoisotopic (exact) mass is 361 g/mol. The van der Waals surface area contributed by atoms with Crippen LogP contribution in [-0.4, -0.2) is 15.8 Å². The average Bonchev–Trinajstić information content (AvgIpc) is 3.03. The van der Waals surface area contributed by atoms with Crippen LogP contribution in [0.3, 0.4) is 0 Å². The number of halogens is 2. The fraction of sp³-hybridized carbons (Fsp3) is 0. The molecule has 6 nitrogen and oxygen atoms in total. The largest absolute Gasteiger partial charge is 0.298 e. The molecule has 1 N–H and O–H groups in total. The Labute approximate surface area is 143 Å². The summed E-state index contributed by atoms with van der Waals surface area (Å²) in [5, 5.41) is 14.9. The maximum atomic E-state index is 13.8. The van der Waals surface area contributed by atoms with Crippen LogP contribution in [0, 0.1) is 21.7 Å². The number of amides is 1. The number of nitrogens with zero attached hydrogens (tertiary/aromatic N) is 2. The molecule has 25 heavy (non-hydrogen) atoms. The number of non-ortho nitro benzene ring substituents is 1. The molecule has 0 spiro atoms. The Hall–Kier alpha value is -3.20. The van der Waals surface area contributed by atoms with E-state index in [1.807, 2.05) is 0 Å². The molecule has 0 aliphatic carbocycles. The lowest BCUT2D eigenvalue weighted by molar-refractivity contribution is -0.384. The molecule has 0 atom stereocenters. The first-order valence-corrected chi connectivity index (χ1v) is 7.79. The van der Waals surface area contributed by atoms with Gasteiger partial charge >= 0.3 is 0 Å². The summed E-state index contributed by atoms with van der Waals surface area (Å²) in [7, 11) is 0. The van der Waals surface area contributed by atoms with E-state index in [1.165, 1.54) is 29.6 Å². The Morgan fingerprint density at radius 2 is 2.00 bits per heavy atom. The van der Waals surface area contributed by atoms with Crippen LogP contribution >= 0.6 is 11.3 Å². The topological polar surface area (TPSA) is 85.1 Å². The molecule has 1 amide bonds. The Morgan fingerprint density at radius 3 is 2.72 bits per heavy atom. The maximum absolute atomic E-state index is 13.8. The summed E-state index contributed by atoms with van der Waals surface area (Å²) in [6, 6.07) is 8.35. The first kappa shape index (κ1) is 16.7. The van der Waals surface area contributed by atoms with Crippen molar-refractivity contribution < 1.29 is 18.5 Å². The van der Waals surface area contributed by atoms with Gasteiger partial charge in [-0.15, -0.1) is 11.3 Å². The predicted molar refractivity (Wildman–Crippen MR) is 88.5 cm³/mol. The Morgan fingerprint density at radius 1 is 1.20 bits per heavy atom. The van der Waals surface area contributed by atoms with Crippen LogP contribution in [-0.2, 0) is 0 Å². The minimum absolute atomic E-state index is 0.0962. The third-order valence-electron chi connectivity index (χ3n) is 3.25. The van der Waals surface area contributed by atoms with E-state index < -0.39 is 22.5 Å². The van der Waals surface area contributed by atoms with E-state index in [2.05, 4.69) is 10.3 Å². The molecule has 3 aromatic rings. The van der Waals surface area contributed by atoms with Gasteiger partial charge in [-0.3, -0.25) is 20.2 Å². The van der Waals surface area contributed by atoms with Gasteiger partial charge in [0.05, 0.1) is 10.6 Å². The molecule has 0 bridgehead atoms. The number of carbonyl (C=O) groups excluding carboxylic acids is 1. The summed E-state index contributed by atoms with van der Waals surface area (Å²) >= 11 is 1.05. The van der Waals surface area contributed by atoms with Crippen LogP contribution in [0.5, 0.6) is 0 Å². The summed E-state index contributed by atoms with van der Waals surface area (Å²) in [4.78, 5) is 26.4. The highest BCUT2D eigenvalue weighted by atomic mass is 32.1. The van der Waals surface area contributed by atoms with Crippen molar-refractivity contribution >= 4 is 28.1 Å². The Bertz CT molecular complexity index is 975. The standard InChI is InChI=1S/C16H9F2N3O3S/c17-10-4-5-12(13(18)7-10)14-8-25-16(19-14)20-15(22)9-2-1-3-11(6-9)21(23)24/h1-8H,(H,19,20,22). The number of hydrogen-bond donors (Lipinski definition) is 1. The number of anilines is 1. The minimum atomic E-state index is -0.762. The molecule has 0 radical (unpaired) electrons. The van der Waals surface area contributed by atoms with Crippen LogP contribution in [0.4, 0.5) is 19.6 Å². The summed E-state index contributed by atoms with van der Waals surface area (Å²) in [5.41, 5.74) is 0.241. The van der Waals surface area contributed by atoms with E-state index in [0.717, 1.165) is 29.5 Å². The number of rotatable bonds is 4. The van der Waals surface area contributed by atoms with Crippen molar-refractivity contribution in [3.8, 4) is 11.3 Å². The highest BCUT2D eigenvalue weighted by molar-refractivity contribution is 7.14. The number of carbonyl (C=O) groups is 1. The SMILES string of the molecule is O=C(Nc1nc(-c2ccc(F)cc2F)cs1)c1cccc([N+](=O)[O-])c1. The average molecular weight is 361 g/mol. The number of nitro groups is 1. The lowest BCUT2D eigenvalue weighted by Crippen LogP contribution is -2.11. The van der Waals surface area contributed by atoms with Crippen LogP contribution in [0.1, 0.15) is 10.4 Å². The van der Waals surface area contributed by atoms with Crippen molar-refractivity contribution in [2.45, 2.75) is 0 Å². The normalized spacial score (nSPS) is 10.5. The van der Waals surface area contributed by atoms with Crippen LogP contribution in [0.15, 0.2) is 47.8 Å². The van der Waals surface area contributed by atoms with Crippen molar-refractivity contribution in [1.29, 1.82) is 0 Å². The first-order chi connectivity index (χ1) is 11.9. The van der Waals surface area contributed by atoms with Gasteiger partial charge in [-0.25, -0.2) is 13.8 Å². The minimum Gasteiger partial charge on any atom is -0.298 e. The van der Waals surface area contributed by atoms with Crippen molar-refractivity contribution in [2.24, 2.45) is 0 Å². The summed E-state index contributed by atoms with van der Waals surface area (Å²) in [5.74, 6) is -2.04. The molecule has 0 aliphatic heterocycles. The number of hydrogen-bond acceptors (Lipinski definition) is 5. The molecular formula is C16H9F2N3O3S. The molecule has 0 unspecified atom stereocenters. The fourth-order valence-corrected chi connectivity index (χ4v) is 2.79. The second kappa shape index (κ2) is 6.73. The van der Waals surface area contributed by atoms with E-state index >= 15 is 0 Å². The molecule has 0 saturated heterocycles. The van der Waals surface area contributed by atoms with Crippen molar-refractivity contribution in [3.05, 3.63) is 75.2 Å². The number of nitro benzene ring substituents is 1. The molecular weight excluding hydrogens is 352 g/mol. The highest BCUT2D eigenvalue weighted by Gasteiger charge is 2.15. The van der Waals surface area contributed by atoms with Gasteiger partial charge in [0.15, 0.2) is 5.13 Å². The molecule has 0 saturated carbocycles. The number of nitrogens with one attached hydrogen (secondary N) is 1. The third-order valence-corrected chi connectivity index (χ3v) is 4.01.